The molecule has 1 aromatic heterocycles. The fourth-order valence-corrected chi connectivity index (χ4v) is 14.5. The zero-order valence-electron chi connectivity index (χ0n) is 40.5. The normalized spacial score (nSPS) is 15.0. The molecule has 1 heterocycles. The number of benzene rings is 11. The van der Waals surface area contributed by atoms with Gasteiger partial charge in [-0.3, -0.25) is 0 Å². The zero-order valence-corrected chi connectivity index (χ0v) is 40.5. The molecule has 342 valence electrons. The molecule has 0 aliphatic heterocycles. The quantitative estimate of drug-likeness (QED) is 0.171. The van der Waals surface area contributed by atoms with Gasteiger partial charge in [0.25, 0.3) is 0 Å². The second kappa shape index (κ2) is 14.6. The zero-order chi connectivity index (χ0) is 48.2. The van der Waals surface area contributed by atoms with Crippen LogP contribution in [0.3, 0.4) is 0 Å². The number of hydrogen-bond donors (Lipinski definition) is 0. The van der Waals surface area contributed by atoms with Crippen molar-refractivity contribution in [2.24, 2.45) is 0 Å². The summed E-state index contributed by atoms with van der Waals surface area (Å²) in [7, 11) is 0. The van der Waals surface area contributed by atoms with Gasteiger partial charge in [0.2, 0.25) is 0 Å². The largest absolute Gasteiger partial charge is 0.456 e. The fraction of sp³-hybridized carbons (Fsp3) is 0.0704. The molecule has 16 rings (SSSR count). The van der Waals surface area contributed by atoms with Gasteiger partial charge < -0.3 is 9.32 Å². The first kappa shape index (κ1) is 40.7. The van der Waals surface area contributed by atoms with E-state index in [0.29, 0.717) is 0 Å². The Morgan fingerprint density at radius 3 is 1.27 bits per heavy atom. The van der Waals surface area contributed by atoms with Gasteiger partial charge in [0.15, 0.2) is 0 Å². The smallest absolute Gasteiger partial charge is 0.142 e. The Balaban J connectivity index is 1.02. The summed E-state index contributed by atoms with van der Waals surface area (Å²) in [4.78, 5) is 2.54. The Morgan fingerprint density at radius 1 is 0.315 bits per heavy atom. The third-order valence-electron chi connectivity index (χ3n) is 17.4. The van der Waals surface area contributed by atoms with Gasteiger partial charge in [-0.2, -0.15) is 0 Å². The number of hydrogen-bond acceptors (Lipinski definition) is 2. The number of nitrogens with zero attached hydrogens (tertiary/aromatic N) is 1. The van der Waals surface area contributed by atoms with E-state index >= 15 is 0 Å². The van der Waals surface area contributed by atoms with E-state index in [4.69, 9.17) is 4.42 Å². The molecule has 1 spiro atoms. The van der Waals surface area contributed by atoms with Crippen molar-refractivity contribution in [2.75, 3.05) is 4.90 Å². The molecule has 2 nitrogen and oxygen atoms in total. The predicted molar refractivity (Wildman–Crippen MR) is 300 cm³/mol. The van der Waals surface area contributed by atoms with E-state index in [1.54, 1.807) is 0 Å². The molecule has 0 radical (unpaired) electrons. The van der Waals surface area contributed by atoms with Crippen molar-refractivity contribution in [1.82, 2.24) is 0 Å². The Hall–Kier alpha value is -8.98. The molecule has 11 aromatic carbocycles. The van der Waals surface area contributed by atoms with Gasteiger partial charge in [-0.05, 0) is 131 Å². The third-order valence-corrected chi connectivity index (χ3v) is 17.4. The van der Waals surface area contributed by atoms with Crippen LogP contribution in [0.5, 0.6) is 0 Å². The molecule has 0 bridgehead atoms. The minimum Gasteiger partial charge on any atom is -0.456 e. The molecule has 73 heavy (non-hydrogen) atoms. The molecule has 4 aliphatic carbocycles. The highest BCUT2D eigenvalue weighted by Crippen LogP contribution is 2.64. The van der Waals surface area contributed by atoms with Crippen LogP contribution in [-0.2, 0) is 16.2 Å². The molecule has 12 aromatic rings. The number of rotatable bonds is 5. The van der Waals surface area contributed by atoms with Crippen molar-refractivity contribution in [3.8, 4) is 44.5 Å². The van der Waals surface area contributed by atoms with Crippen LogP contribution in [0.15, 0.2) is 253 Å². The third kappa shape index (κ3) is 5.08. The van der Waals surface area contributed by atoms with Gasteiger partial charge in [-0.15, -0.1) is 0 Å². The molecule has 0 saturated heterocycles. The van der Waals surface area contributed by atoms with Crippen LogP contribution in [0.4, 0.5) is 17.1 Å². The van der Waals surface area contributed by atoms with E-state index in [2.05, 4.69) is 267 Å². The predicted octanol–water partition coefficient (Wildman–Crippen LogP) is 18.1. The number of para-hydroxylation sites is 1. The Morgan fingerprint density at radius 2 is 0.726 bits per heavy atom. The summed E-state index contributed by atoms with van der Waals surface area (Å²) in [5.41, 5.74) is 26.7. The second-order valence-corrected chi connectivity index (χ2v) is 21.0. The number of fused-ring (bicyclic) bond motifs is 19. The lowest BCUT2D eigenvalue weighted by Crippen LogP contribution is -2.29. The highest BCUT2D eigenvalue weighted by atomic mass is 16.3. The summed E-state index contributed by atoms with van der Waals surface area (Å²) in [6.45, 7) is 4.77. The fourth-order valence-electron chi connectivity index (χ4n) is 14.5. The van der Waals surface area contributed by atoms with Gasteiger partial charge in [0, 0.05) is 27.7 Å². The molecular formula is C71H47NO. The van der Waals surface area contributed by atoms with Crippen LogP contribution in [0, 0.1) is 0 Å². The molecule has 0 saturated carbocycles. The van der Waals surface area contributed by atoms with Crippen molar-refractivity contribution in [3.63, 3.8) is 0 Å². The van der Waals surface area contributed by atoms with E-state index in [1.165, 1.54) is 94.6 Å². The SMILES string of the molecule is CC1(C)c2ccccc2-c2ccc(N(c3ccc4c(c3)C3(c5ccccc5-c5ccccc53)c3ccccc3-4)c3ccc(C4(c5ccccc5)c5ccccc5-c5ccccc54)c4oc5ccccc5c34)cc21. The Labute approximate surface area is 425 Å². The summed E-state index contributed by atoms with van der Waals surface area (Å²) in [6, 6.07) is 93.3. The maximum absolute atomic E-state index is 7.43. The van der Waals surface area contributed by atoms with Crippen LogP contribution in [0.25, 0.3) is 66.4 Å². The first-order chi connectivity index (χ1) is 36.0. The molecular weight excluding hydrogens is 883 g/mol. The summed E-state index contributed by atoms with van der Waals surface area (Å²) in [5, 5.41) is 2.17. The summed E-state index contributed by atoms with van der Waals surface area (Å²) < 4.78 is 7.43. The Bertz CT molecular complexity index is 4210. The maximum Gasteiger partial charge on any atom is 0.142 e. The van der Waals surface area contributed by atoms with Gasteiger partial charge in [0.1, 0.15) is 11.2 Å². The van der Waals surface area contributed by atoms with Gasteiger partial charge >= 0.3 is 0 Å². The lowest BCUT2D eigenvalue weighted by molar-refractivity contribution is 0.648. The lowest BCUT2D eigenvalue weighted by atomic mass is 9.67. The average molecular weight is 930 g/mol. The van der Waals surface area contributed by atoms with Crippen molar-refractivity contribution in [3.05, 3.63) is 304 Å². The monoisotopic (exact) mass is 929 g/mol. The highest BCUT2D eigenvalue weighted by Gasteiger charge is 2.52. The first-order valence-electron chi connectivity index (χ1n) is 25.7. The molecule has 0 fully saturated rings. The van der Waals surface area contributed by atoms with E-state index in [0.717, 1.165) is 44.6 Å². The van der Waals surface area contributed by atoms with Crippen molar-refractivity contribution >= 4 is 39.0 Å². The van der Waals surface area contributed by atoms with Crippen LogP contribution < -0.4 is 4.90 Å². The first-order valence-corrected chi connectivity index (χ1v) is 25.7. The number of furan rings is 1. The summed E-state index contributed by atoms with van der Waals surface area (Å²) >= 11 is 0. The van der Waals surface area contributed by atoms with Crippen LogP contribution in [0.1, 0.15) is 69.5 Å². The molecule has 0 N–H and O–H groups in total. The standard InChI is InChI=1S/C71H47NO/c1-69(2)56-29-13-6-22-47(56)53-38-36-45(42-63(53)69)72(46-37-39-54-52-27-11-18-34-61(52)71(64(54)43-46)59-32-16-9-25-50(59)51-26-10-17-33-60(51)71)65-41-40-62(68-67(65)55-28-12-19-35-66(55)73-68)70(44-20-4-3-5-21-44)57-30-14-7-23-48(57)49-24-8-15-31-58(49)70/h3-43H,1-2H3. The van der Waals surface area contributed by atoms with Crippen LogP contribution in [-0.4, -0.2) is 0 Å². The molecule has 0 unspecified atom stereocenters. The van der Waals surface area contributed by atoms with E-state index in [1.807, 2.05) is 0 Å². The minimum atomic E-state index is -0.664. The lowest BCUT2D eigenvalue weighted by Gasteiger charge is -2.35. The van der Waals surface area contributed by atoms with Crippen LogP contribution in [0.2, 0.25) is 0 Å². The van der Waals surface area contributed by atoms with Crippen molar-refractivity contribution < 1.29 is 4.42 Å². The molecule has 0 atom stereocenters. The van der Waals surface area contributed by atoms with Crippen molar-refractivity contribution in [1.29, 1.82) is 0 Å². The van der Waals surface area contributed by atoms with E-state index in [9.17, 15) is 0 Å². The maximum atomic E-state index is 7.43. The Kier molecular flexibility index (Phi) is 8.12. The van der Waals surface area contributed by atoms with Crippen molar-refractivity contribution in [2.45, 2.75) is 30.1 Å². The molecule has 2 heteroatoms. The highest BCUT2D eigenvalue weighted by molar-refractivity contribution is 6.15. The second-order valence-electron chi connectivity index (χ2n) is 21.0. The minimum absolute atomic E-state index is 0.207. The van der Waals surface area contributed by atoms with Gasteiger partial charge in [-0.1, -0.05) is 226 Å². The van der Waals surface area contributed by atoms with E-state index in [-0.39, 0.29) is 5.41 Å². The van der Waals surface area contributed by atoms with Crippen LogP contribution >= 0.6 is 0 Å². The summed E-state index contributed by atoms with van der Waals surface area (Å²) in [5.74, 6) is 0. The molecule has 4 aliphatic rings. The topological polar surface area (TPSA) is 16.4 Å². The number of anilines is 3. The van der Waals surface area contributed by atoms with E-state index < -0.39 is 10.8 Å². The van der Waals surface area contributed by atoms with Gasteiger partial charge in [-0.25, -0.2) is 0 Å². The summed E-state index contributed by atoms with van der Waals surface area (Å²) in [6.07, 6.45) is 0. The average Bonchev–Trinajstić information content (AvgIpc) is 4.24. The van der Waals surface area contributed by atoms with Gasteiger partial charge in [0.05, 0.1) is 21.9 Å². The molecule has 0 amide bonds.